The van der Waals surface area contributed by atoms with Crippen LogP contribution in [0.15, 0.2) is 30.3 Å². The van der Waals surface area contributed by atoms with Gasteiger partial charge in [0, 0.05) is 19.2 Å². The second-order valence-corrected chi connectivity index (χ2v) is 5.49. The van der Waals surface area contributed by atoms with Crippen molar-refractivity contribution in [2.24, 2.45) is 0 Å². The van der Waals surface area contributed by atoms with Crippen molar-refractivity contribution in [3.8, 4) is 5.75 Å². The molecule has 21 heavy (non-hydrogen) atoms. The molecular weight excluding hydrogens is 262 g/mol. The molecule has 0 aromatic heterocycles. The average molecular weight is 287 g/mol. The standard InChI is InChI=1S/C18H25NO2/c1-2-15-21-17-10-7-16(8-11-17)9-12-18(20)19-13-5-3-4-6-14-19/h7-12H,2-6,13-15H2,1H3. The third kappa shape index (κ3) is 5.25. The van der Waals surface area contributed by atoms with Gasteiger partial charge in [-0.05, 0) is 43.0 Å². The number of carbonyl (C=O) groups is 1. The minimum absolute atomic E-state index is 0.128. The van der Waals surface area contributed by atoms with Crippen molar-refractivity contribution in [3.63, 3.8) is 0 Å². The van der Waals surface area contributed by atoms with Gasteiger partial charge < -0.3 is 9.64 Å². The van der Waals surface area contributed by atoms with Crippen LogP contribution in [-0.2, 0) is 4.79 Å². The Morgan fingerprint density at radius 3 is 2.43 bits per heavy atom. The summed E-state index contributed by atoms with van der Waals surface area (Å²) in [7, 11) is 0. The summed E-state index contributed by atoms with van der Waals surface area (Å²) in [5, 5.41) is 0. The predicted octanol–water partition coefficient (Wildman–Crippen LogP) is 3.89. The fraction of sp³-hybridized carbons (Fsp3) is 0.500. The van der Waals surface area contributed by atoms with Gasteiger partial charge >= 0.3 is 0 Å². The van der Waals surface area contributed by atoms with Gasteiger partial charge in [-0.15, -0.1) is 0 Å². The normalized spacial score (nSPS) is 16.0. The molecule has 0 radical (unpaired) electrons. The third-order valence-electron chi connectivity index (χ3n) is 3.69. The quantitative estimate of drug-likeness (QED) is 0.769. The van der Waals surface area contributed by atoms with Gasteiger partial charge in [0.25, 0.3) is 0 Å². The molecule has 1 aliphatic rings. The molecule has 1 amide bonds. The first-order chi connectivity index (χ1) is 10.3. The van der Waals surface area contributed by atoms with Gasteiger partial charge in [-0.1, -0.05) is 31.9 Å². The molecule has 1 aromatic rings. The molecule has 3 nitrogen and oxygen atoms in total. The van der Waals surface area contributed by atoms with Gasteiger partial charge in [-0.3, -0.25) is 4.79 Å². The Kier molecular flexibility index (Phi) is 6.32. The number of benzene rings is 1. The van der Waals surface area contributed by atoms with E-state index >= 15 is 0 Å². The van der Waals surface area contributed by atoms with Gasteiger partial charge in [-0.2, -0.15) is 0 Å². The Hall–Kier alpha value is -1.77. The average Bonchev–Trinajstić information content (AvgIpc) is 2.81. The molecular formula is C18H25NO2. The third-order valence-corrected chi connectivity index (χ3v) is 3.69. The van der Waals surface area contributed by atoms with Crippen LogP contribution in [0.4, 0.5) is 0 Å². The first-order valence-corrected chi connectivity index (χ1v) is 7.99. The van der Waals surface area contributed by atoms with E-state index in [1.807, 2.05) is 35.2 Å². The monoisotopic (exact) mass is 287 g/mol. The molecule has 1 aliphatic heterocycles. The number of rotatable bonds is 5. The molecule has 0 aliphatic carbocycles. The summed E-state index contributed by atoms with van der Waals surface area (Å²) in [6.45, 7) is 4.62. The van der Waals surface area contributed by atoms with Crippen LogP contribution in [0.25, 0.3) is 6.08 Å². The zero-order valence-corrected chi connectivity index (χ0v) is 12.9. The van der Waals surface area contributed by atoms with Gasteiger partial charge in [0.15, 0.2) is 0 Å². The molecule has 0 spiro atoms. The van der Waals surface area contributed by atoms with E-state index in [1.54, 1.807) is 6.08 Å². The Labute approximate surface area is 127 Å². The SMILES string of the molecule is CCCOc1ccc(C=CC(=O)N2CCCCCC2)cc1. The Morgan fingerprint density at radius 2 is 1.81 bits per heavy atom. The Balaban J connectivity index is 1.88. The lowest BCUT2D eigenvalue weighted by Crippen LogP contribution is -2.30. The first kappa shape index (κ1) is 15.6. The molecule has 0 N–H and O–H groups in total. The van der Waals surface area contributed by atoms with Crippen molar-refractivity contribution in [1.82, 2.24) is 4.90 Å². The number of hydrogen-bond acceptors (Lipinski definition) is 2. The number of hydrogen-bond donors (Lipinski definition) is 0. The van der Waals surface area contributed by atoms with Crippen molar-refractivity contribution < 1.29 is 9.53 Å². The summed E-state index contributed by atoms with van der Waals surface area (Å²) >= 11 is 0. The second kappa shape index (κ2) is 8.50. The van der Waals surface area contributed by atoms with E-state index in [9.17, 15) is 4.79 Å². The van der Waals surface area contributed by atoms with Crippen LogP contribution in [0.5, 0.6) is 5.75 Å². The van der Waals surface area contributed by atoms with Crippen molar-refractivity contribution in [2.45, 2.75) is 39.0 Å². The largest absolute Gasteiger partial charge is 0.494 e. The van der Waals surface area contributed by atoms with Crippen molar-refractivity contribution in [3.05, 3.63) is 35.9 Å². The summed E-state index contributed by atoms with van der Waals surface area (Å²) in [5.74, 6) is 1.01. The Bertz CT molecular complexity index is 457. The molecule has 2 rings (SSSR count). The molecule has 0 atom stereocenters. The predicted molar refractivity (Wildman–Crippen MR) is 86.3 cm³/mol. The van der Waals surface area contributed by atoms with Crippen LogP contribution in [0.3, 0.4) is 0 Å². The number of carbonyl (C=O) groups excluding carboxylic acids is 1. The first-order valence-electron chi connectivity index (χ1n) is 7.99. The number of amides is 1. The van der Waals surface area contributed by atoms with Gasteiger partial charge in [-0.25, -0.2) is 0 Å². The summed E-state index contributed by atoms with van der Waals surface area (Å²) < 4.78 is 5.55. The van der Waals surface area contributed by atoms with E-state index in [0.29, 0.717) is 0 Å². The highest BCUT2D eigenvalue weighted by Crippen LogP contribution is 2.14. The van der Waals surface area contributed by atoms with E-state index in [2.05, 4.69) is 6.92 Å². The highest BCUT2D eigenvalue weighted by molar-refractivity contribution is 5.91. The minimum atomic E-state index is 0.128. The van der Waals surface area contributed by atoms with Crippen LogP contribution in [0.1, 0.15) is 44.6 Å². The topological polar surface area (TPSA) is 29.5 Å². The van der Waals surface area contributed by atoms with Crippen molar-refractivity contribution >= 4 is 12.0 Å². The smallest absolute Gasteiger partial charge is 0.246 e. The van der Waals surface area contributed by atoms with Crippen LogP contribution >= 0.6 is 0 Å². The van der Waals surface area contributed by atoms with Gasteiger partial charge in [0.2, 0.25) is 5.91 Å². The van der Waals surface area contributed by atoms with Crippen molar-refractivity contribution in [1.29, 1.82) is 0 Å². The highest BCUT2D eigenvalue weighted by atomic mass is 16.5. The summed E-state index contributed by atoms with van der Waals surface area (Å²) in [5.41, 5.74) is 1.03. The van der Waals surface area contributed by atoms with Crippen LogP contribution in [0, 0.1) is 0 Å². The molecule has 114 valence electrons. The van der Waals surface area contributed by atoms with Crippen LogP contribution in [-0.4, -0.2) is 30.5 Å². The fourth-order valence-corrected chi connectivity index (χ4v) is 2.46. The molecule has 0 saturated carbocycles. The van der Waals surface area contributed by atoms with Crippen molar-refractivity contribution in [2.75, 3.05) is 19.7 Å². The lowest BCUT2D eigenvalue weighted by molar-refractivity contribution is -0.125. The molecule has 3 heteroatoms. The maximum Gasteiger partial charge on any atom is 0.246 e. The molecule has 1 saturated heterocycles. The zero-order chi connectivity index (χ0) is 14.9. The van der Waals surface area contributed by atoms with E-state index < -0.39 is 0 Å². The fourth-order valence-electron chi connectivity index (χ4n) is 2.46. The molecule has 0 bridgehead atoms. The number of likely N-dealkylation sites (tertiary alicyclic amines) is 1. The van der Waals surface area contributed by atoms with Gasteiger partial charge in [0.1, 0.15) is 5.75 Å². The maximum atomic E-state index is 12.1. The molecule has 0 unspecified atom stereocenters. The number of nitrogens with zero attached hydrogens (tertiary/aromatic N) is 1. The maximum absolute atomic E-state index is 12.1. The van der Waals surface area contributed by atoms with E-state index in [1.165, 1.54) is 12.8 Å². The van der Waals surface area contributed by atoms with Crippen LogP contribution in [0.2, 0.25) is 0 Å². The summed E-state index contributed by atoms with van der Waals surface area (Å²) in [4.78, 5) is 14.1. The summed E-state index contributed by atoms with van der Waals surface area (Å²) in [6, 6.07) is 7.87. The molecule has 1 aromatic carbocycles. The number of ether oxygens (including phenoxy) is 1. The second-order valence-electron chi connectivity index (χ2n) is 5.49. The van der Waals surface area contributed by atoms with Gasteiger partial charge in [0.05, 0.1) is 6.61 Å². The lowest BCUT2D eigenvalue weighted by atomic mass is 10.2. The summed E-state index contributed by atoms with van der Waals surface area (Å²) in [6.07, 6.45) is 9.32. The highest BCUT2D eigenvalue weighted by Gasteiger charge is 2.12. The minimum Gasteiger partial charge on any atom is -0.494 e. The lowest BCUT2D eigenvalue weighted by Gasteiger charge is -2.17. The van der Waals surface area contributed by atoms with E-state index in [0.717, 1.165) is 50.3 Å². The Morgan fingerprint density at radius 1 is 1.14 bits per heavy atom. The van der Waals surface area contributed by atoms with E-state index in [4.69, 9.17) is 4.74 Å². The van der Waals surface area contributed by atoms with E-state index in [-0.39, 0.29) is 5.91 Å². The molecule has 1 fully saturated rings. The zero-order valence-electron chi connectivity index (χ0n) is 12.9. The molecule has 1 heterocycles. The van der Waals surface area contributed by atoms with Crippen LogP contribution < -0.4 is 4.74 Å².